The summed E-state index contributed by atoms with van der Waals surface area (Å²) >= 11 is 5.55. The lowest BCUT2D eigenvalue weighted by Gasteiger charge is -1.95. The van der Waals surface area contributed by atoms with Crippen LogP contribution in [0.25, 0.3) is 0 Å². The van der Waals surface area contributed by atoms with Gasteiger partial charge in [-0.1, -0.05) is 11.6 Å². The summed E-state index contributed by atoms with van der Waals surface area (Å²) in [5.41, 5.74) is -0.126. The molecule has 0 spiro atoms. The lowest BCUT2D eigenvalue weighted by Crippen LogP contribution is -2.11. The number of nitrogens with one attached hydrogen (secondary N) is 1. The SMILES string of the molecule is O=c1[nH]ccc(Cl)c1CO. The van der Waals surface area contributed by atoms with Gasteiger partial charge in [-0.25, -0.2) is 0 Å². The van der Waals surface area contributed by atoms with Crippen LogP contribution in [0.5, 0.6) is 0 Å². The van der Waals surface area contributed by atoms with E-state index in [2.05, 4.69) is 4.98 Å². The van der Waals surface area contributed by atoms with Crippen LogP contribution < -0.4 is 5.56 Å². The molecule has 0 atom stereocenters. The predicted octanol–water partition coefficient (Wildman–Crippen LogP) is 0.521. The molecule has 0 saturated heterocycles. The van der Waals surface area contributed by atoms with Crippen molar-refractivity contribution in [2.75, 3.05) is 0 Å². The Labute approximate surface area is 62.3 Å². The topological polar surface area (TPSA) is 53.1 Å². The molecule has 4 heteroatoms. The van der Waals surface area contributed by atoms with E-state index in [0.717, 1.165) is 0 Å². The van der Waals surface area contributed by atoms with Crippen molar-refractivity contribution in [2.45, 2.75) is 6.61 Å². The molecule has 0 bridgehead atoms. The van der Waals surface area contributed by atoms with E-state index in [1.165, 1.54) is 12.3 Å². The third-order valence-corrected chi connectivity index (χ3v) is 1.52. The fourth-order valence-corrected chi connectivity index (χ4v) is 0.843. The predicted molar refractivity (Wildman–Crippen MR) is 38.0 cm³/mol. The molecule has 0 saturated carbocycles. The maximum absolute atomic E-state index is 10.8. The van der Waals surface area contributed by atoms with Gasteiger partial charge in [0.1, 0.15) is 0 Å². The Morgan fingerprint density at radius 2 is 2.40 bits per heavy atom. The van der Waals surface area contributed by atoms with Crippen LogP contribution in [0, 0.1) is 0 Å². The van der Waals surface area contributed by atoms with Gasteiger partial charge in [-0.3, -0.25) is 4.79 Å². The first kappa shape index (κ1) is 7.31. The van der Waals surface area contributed by atoms with Gasteiger partial charge in [-0.05, 0) is 6.07 Å². The van der Waals surface area contributed by atoms with Crippen molar-refractivity contribution in [3.05, 3.63) is 33.2 Å². The number of hydrogen-bond acceptors (Lipinski definition) is 2. The van der Waals surface area contributed by atoms with E-state index in [9.17, 15) is 4.79 Å². The van der Waals surface area contributed by atoms with Gasteiger partial charge in [-0.2, -0.15) is 0 Å². The van der Waals surface area contributed by atoms with Crippen LogP contribution in [0.3, 0.4) is 0 Å². The summed E-state index contributed by atoms with van der Waals surface area (Å²) in [4.78, 5) is 13.2. The summed E-state index contributed by atoms with van der Waals surface area (Å²) in [6, 6.07) is 1.52. The van der Waals surface area contributed by atoms with Gasteiger partial charge < -0.3 is 10.1 Å². The number of hydrogen-bond donors (Lipinski definition) is 2. The Bertz CT molecular complexity index is 281. The normalized spacial score (nSPS) is 9.80. The molecular weight excluding hydrogens is 154 g/mol. The summed E-state index contributed by atoms with van der Waals surface area (Å²) in [6.07, 6.45) is 1.43. The molecule has 3 nitrogen and oxygen atoms in total. The van der Waals surface area contributed by atoms with Gasteiger partial charge >= 0.3 is 0 Å². The molecule has 1 aromatic heterocycles. The minimum absolute atomic E-state index is 0.212. The molecular formula is C6H6ClNO2. The number of halogens is 1. The lowest BCUT2D eigenvalue weighted by molar-refractivity contribution is 0.280. The summed E-state index contributed by atoms with van der Waals surface area (Å²) in [7, 11) is 0. The number of H-pyrrole nitrogens is 1. The van der Waals surface area contributed by atoms with E-state index in [1.54, 1.807) is 0 Å². The second kappa shape index (κ2) is 2.86. The molecule has 2 N–H and O–H groups in total. The molecule has 1 heterocycles. The second-order valence-electron chi connectivity index (χ2n) is 1.79. The standard InChI is InChI=1S/C6H6ClNO2/c7-5-1-2-8-6(10)4(5)3-9/h1-2,9H,3H2,(H,8,10). The van der Waals surface area contributed by atoms with E-state index >= 15 is 0 Å². The van der Waals surface area contributed by atoms with Crippen LogP contribution in [-0.4, -0.2) is 10.1 Å². The highest BCUT2D eigenvalue weighted by molar-refractivity contribution is 6.31. The average molecular weight is 160 g/mol. The van der Waals surface area contributed by atoms with Crippen LogP contribution in [0.2, 0.25) is 5.02 Å². The summed E-state index contributed by atoms with van der Waals surface area (Å²) in [5.74, 6) is 0. The number of aromatic nitrogens is 1. The molecule has 0 radical (unpaired) electrons. The smallest absolute Gasteiger partial charge is 0.254 e. The third kappa shape index (κ3) is 1.20. The molecule has 0 aliphatic rings. The molecule has 0 aliphatic heterocycles. The number of aromatic amines is 1. The molecule has 0 amide bonds. The molecule has 0 fully saturated rings. The number of rotatable bonds is 1. The third-order valence-electron chi connectivity index (χ3n) is 1.16. The number of aliphatic hydroxyl groups excluding tert-OH is 1. The fraction of sp³-hybridized carbons (Fsp3) is 0.167. The Balaban J connectivity index is 3.31. The molecule has 0 unspecified atom stereocenters. The summed E-state index contributed by atoms with van der Waals surface area (Å²) in [5, 5.41) is 8.89. The highest BCUT2D eigenvalue weighted by atomic mass is 35.5. The van der Waals surface area contributed by atoms with Crippen molar-refractivity contribution in [3.8, 4) is 0 Å². The monoisotopic (exact) mass is 159 g/mol. The Morgan fingerprint density at radius 3 is 2.80 bits per heavy atom. The molecule has 0 aromatic carbocycles. The first-order valence-corrected chi connectivity index (χ1v) is 3.10. The summed E-state index contributed by atoms with van der Waals surface area (Å²) in [6.45, 7) is -0.324. The average Bonchev–Trinajstić information content (AvgIpc) is 1.88. The summed E-state index contributed by atoms with van der Waals surface area (Å²) < 4.78 is 0. The van der Waals surface area contributed by atoms with E-state index < -0.39 is 0 Å². The minimum Gasteiger partial charge on any atom is -0.391 e. The van der Waals surface area contributed by atoms with Crippen molar-refractivity contribution in [1.29, 1.82) is 0 Å². The zero-order chi connectivity index (χ0) is 7.56. The molecule has 1 rings (SSSR count). The van der Waals surface area contributed by atoms with Crippen molar-refractivity contribution in [1.82, 2.24) is 4.98 Å². The van der Waals surface area contributed by atoms with E-state index in [0.29, 0.717) is 5.02 Å². The highest BCUT2D eigenvalue weighted by Gasteiger charge is 2.00. The zero-order valence-electron chi connectivity index (χ0n) is 5.10. The first-order chi connectivity index (χ1) is 4.75. The number of aliphatic hydroxyl groups is 1. The van der Waals surface area contributed by atoms with Crippen LogP contribution in [0.4, 0.5) is 0 Å². The van der Waals surface area contributed by atoms with Crippen molar-refractivity contribution in [3.63, 3.8) is 0 Å². The van der Waals surface area contributed by atoms with Crippen LogP contribution in [0.1, 0.15) is 5.56 Å². The Hall–Kier alpha value is -0.800. The second-order valence-corrected chi connectivity index (χ2v) is 2.20. The van der Waals surface area contributed by atoms with Gasteiger partial charge in [0.25, 0.3) is 5.56 Å². The van der Waals surface area contributed by atoms with E-state index in [1.807, 2.05) is 0 Å². The van der Waals surface area contributed by atoms with Gasteiger partial charge in [0.2, 0.25) is 0 Å². The van der Waals surface area contributed by atoms with Crippen molar-refractivity contribution < 1.29 is 5.11 Å². The van der Waals surface area contributed by atoms with Crippen molar-refractivity contribution >= 4 is 11.6 Å². The van der Waals surface area contributed by atoms with Crippen LogP contribution >= 0.6 is 11.6 Å². The molecule has 1 aromatic rings. The van der Waals surface area contributed by atoms with Crippen LogP contribution in [0.15, 0.2) is 17.1 Å². The van der Waals surface area contributed by atoms with Crippen molar-refractivity contribution in [2.24, 2.45) is 0 Å². The largest absolute Gasteiger partial charge is 0.391 e. The maximum Gasteiger partial charge on any atom is 0.254 e. The van der Waals surface area contributed by atoms with Gasteiger partial charge in [0.05, 0.1) is 17.2 Å². The quantitative estimate of drug-likeness (QED) is 0.628. The Kier molecular flexibility index (Phi) is 2.09. The van der Waals surface area contributed by atoms with Gasteiger partial charge in [0.15, 0.2) is 0 Å². The van der Waals surface area contributed by atoms with Crippen LogP contribution in [-0.2, 0) is 6.61 Å². The lowest BCUT2D eigenvalue weighted by atomic mass is 10.3. The number of pyridine rings is 1. The highest BCUT2D eigenvalue weighted by Crippen LogP contribution is 2.08. The first-order valence-electron chi connectivity index (χ1n) is 2.72. The zero-order valence-corrected chi connectivity index (χ0v) is 5.85. The molecule has 54 valence electrons. The molecule has 10 heavy (non-hydrogen) atoms. The maximum atomic E-state index is 10.8. The van der Waals surface area contributed by atoms with E-state index in [-0.39, 0.29) is 17.7 Å². The molecule has 0 aliphatic carbocycles. The van der Waals surface area contributed by atoms with Gasteiger partial charge in [-0.15, -0.1) is 0 Å². The Morgan fingerprint density at radius 1 is 1.70 bits per heavy atom. The van der Waals surface area contributed by atoms with E-state index in [4.69, 9.17) is 16.7 Å². The van der Waals surface area contributed by atoms with Gasteiger partial charge in [0, 0.05) is 6.20 Å². The minimum atomic E-state index is -0.338. The fourth-order valence-electron chi connectivity index (χ4n) is 0.634.